The summed E-state index contributed by atoms with van der Waals surface area (Å²) in [5, 5.41) is 10.8. The number of nitrogens with zero attached hydrogens (tertiary/aromatic N) is 1. The summed E-state index contributed by atoms with van der Waals surface area (Å²) in [6, 6.07) is 8.78. The van der Waals surface area contributed by atoms with Crippen molar-refractivity contribution in [3.8, 4) is 5.75 Å². The van der Waals surface area contributed by atoms with Crippen molar-refractivity contribution in [1.29, 1.82) is 0 Å². The topological polar surface area (TPSA) is 86.5 Å². The van der Waals surface area contributed by atoms with E-state index >= 15 is 0 Å². The third-order valence-electron chi connectivity index (χ3n) is 2.70. The first-order valence-electron chi connectivity index (χ1n) is 5.85. The van der Waals surface area contributed by atoms with Gasteiger partial charge in [-0.2, -0.15) is 8.42 Å². The molecule has 0 aliphatic heterocycles. The maximum Gasteiger partial charge on any atom is 0.339 e. The highest BCUT2D eigenvalue weighted by Gasteiger charge is 2.22. The maximum atomic E-state index is 12.3. The molecule has 0 spiro atoms. The van der Waals surface area contributed by atoms with Crippen LogP contribution in [-0.2, 0) is 10.1 Å². The lowest BCUT2D eigenvalue weighted by Gasteiger charge is -2.10. The van der Waals surface area contributed by atoms with Crippen LogP contribution < -0.4 is 4.18 Å². The molecule has 116 valence electrons. The Hall–Kier alpha value is -0.950. The maximum absolute atomic E-state index is 12.3. The molecule has 0 heterocycles. The summed E-state index contributed by atoms with van der Waals surface area (Å²) in [5.74, 6) is 0.0902. The Bertz CT molecular complexity index is 811. The second-order valence-corrected chi connectivity index (χ2v) is 8.22. The Morgan fingerprint density at radius 1 is 1.09 bits per heavy atom. The number of hydrogen-bond acceptors (Lipinski definition) is 5. The first kappa shape index (κ1) is 17.4. The minimum atomic E-state index is -3.99. The highest BCUT2D eigenvalue weighted by Crippen LogP contribution is 2.33. The fourth-order valence-corrected chi connectivity index (χ4v) is 4.81. The van der Waals surface area contributed by atoms with Gasteiger partial charge in [0, 0.05) is 12.1 Å². The van der Waals surface area contributed by atoms with Crippen LogP contribution >= 0.6 is 45.2 Å². The normalized spacial score (nSPS) is 11.2. The van der Waals surface area contributed by atoms with Gasteiger partial charge in [0.05, 0.1) is 12.1 Å². The number of rotatable bonds is 4. The molecule has 2 aromatic rings. The van der Waals surface area contributed by atoms with Crippen molar-refractivity contribution in [2.75, 3.05) is 0 Å². The average Bonchev–Trinajstić information content (AvgIpc) is 2.43. The minimum Gasteiger partial charge on any atom is -0.377 e. The molecule has 0 radical (unpaired) electrons. The van der Waals surface area contributed by atoms with E-state index in [4.69, 9.17) is 4.18 Å². The molecule has 0 bridgehead atoms. The SMILES string of the molecule is Cc1ccc(S(=O)(=O)Oc2c(I)cc([N+](=O)[O-])cc2I)cc1. The first-order valence-corrected chi connectivity index (χ1v) is 9.42. The van der Waals surface area contributed by atoms with Gasteiger partial charge in [-0.05, 0) is 64.2 Å². The molecular formula is C13H9I2NO5S. The molecule has 9 heteroatoms. The molecule has 0 atom stereocenters. The summed E-state index contributed by atoms with van der Waals surface area (Å²) in [6.07, 6.45) is 0. The molecule has 0 saturated carbocycles. The van der Waals surface area contributed by atoms with Gasteiger partial charge in [0.25, 0.3) is 5.69 Å². The van der Waals surface area contributed by atoms with Gasteiger partial charge in [-0.25, -0.2) is 0 Å². The van der Waals surface area contributed by atoms with Crippen LogP contribution in [0.15, 0.2) is 41.3 Å². The van der Waals surface area contributed by atoms with Crippen molar-refractivity contribution in [2.45, 2.75) is 11.8 Å². The van der Waals surface area contributed by atoms with E-state index in [-0.39, 0.29) is 16.3 Å². The lowest BCUT2D eigenvalue weighted by Crippen LogP contribution is -2.11. The monoisotopic (exact) mass is 545 g/mol. The van der Waals surface area contributed by atoms with Gasteiger partial charge in [0.2, 0.25) is 0 Å². The van der Waals surface area contributed by atoms with E-state index in [0.717, 1.165) is 5.56 Å². The highest BCUT2D eigenvalue weighted by atomic mass is 127. The molecule has 2 rings (SSSR count). The van der Waals surface area contributed by atoms with Crippen LogP contribution in [0.25, 0.3) is 0 Å². The standard InChI is InChI=1S/C13H9I2NO5S/c1-8-2-4-10(5-3-8)22(19,20)21-13-11(14)6-9(16(17)18)7-12(13)15/h2-7H,1H3. The fraction of sp³-hybridized carbons (Fsp3) is 0.0769. The summed E-state index contributed by atoms with van der Waals surface area (Å²) in [5.41, 5.74) is 0.812. The predicted molar refractivity (Wildman–Crippen MR) is 97.5 cm³/mol. The molecule has 22 heavy (non-hydrogen) atoms. The van der Waals surface area contributed by atoms with Crippen LogP contribution in [0.2, 0.25) is 0 Å². The largest absolute Gasteiger partial charge is 0.377 e. The molecule has 2 aromatic carbocycles. The Morgan fingerprint density at radius 3 is 2.05 bits per heavy atom. The Labute approximate surface area is 154 Å². The molecule has 0 unspecified atom stereocenters. The average molecular weight is 545 g/mol. The minimum absolute atomic E-state index is 0.0306. The lowest BCUT2D eigenvalue weighted by atomic mass is 10.2. The van der Waals surface area contributed by atoms with Gasteiger partial charge in [-0.3, -0.25) is 10.1 Å². The van der Waals surface area contributed by atoms with Gasteiger partial charge < -0.3 is 4.18 Å². The van der Waals surface area contributed by atoms with Crippen LogP contribution in [0.4, 0.5) is 5.69 Å². The molecule has 0 N–H and O–H groups in total. The van der Waals surface area contributed by atoms with Gasteiger partial charge in [-0.15, -0.1) is 0 Å². The molecule has 6 nitrogen and oxygen atoms in total. The third kappa shape index (κ3) is 3.87. The summed E-state index contributed by atoms with van der Waals surface area (Å²) in [6.45, 7) is 1.85. The molecule has 0 aliphatic carbocycles. The zero-order chi connectivity index (χ0) is 16.5. The second kappa shape index (κ2) is 6.66. The fourth-order valence-electron chi connectivity index (χ4n) is 1.59. The number of hydrogen-bond donors (Lipinski definition) is 0. The van der Waals surface area contributed by atoms with E-state index in [1.54, 1.807) is 12.1 Å². The third-order valence-corrected chi connectivity index (χ3v) is 5.53. The number of halogens is 2. The van der Waals surface area contributed by atoms with Crippen LogP contribution in [0.1, 0.15) is 5.56 Å². The van der Waals surface area contributed by atoms with Crippen molar-refractivity contribution < 1.29 is 17.5 Å². The molecule has 0 aromatic heterocycles. The smallest absolute Gasteiger partial charge is 0.339 e. The van der Waals surface area contributed by atoms with Crippen molar-refractivity contribution in [1.82, 2.24) is 0 Å². The van der Waals surface area contributed by atoms with E-state index < -0.39 is 15.0 Å². The molecule has 0 amide bonds. The van der Waals surface area contributed by atoms with E-state index in [1.807, 2.05) is 52.1 Å². The molecule has 0 fully saturated rings. The van der Waals surface area contributed by atoms with E-state index in [2.05, 4.69) is 0 Å². The van der Waals surface area contributed by atoms with E-state index in [0.29, 0.717) is 7.14 Å². The van der Waals surface area contributed by atoms with Gasteiger partial charge >= 0.3 is 10.1 Å². The Balaban J connectivity index is 2.42. The van der Waals surface area contributed by atoms with Crippen molar-refractivity contribution in [3.63, 3.8) is 0 Å². The lowest BCUT2D eigenvalue weighted by molar-refractivity contribution is -0.385. The predicted octanol–water partition coefficient (Wildman–Crippen LogP) is 3.88. The van der Waals surface area contributed by atoms with Crippen LogP contribution in [0.5, 0.6) is 5.75 Å². The Morgan fingerprint density at radius 2 is 1.59 bits per heavy atom. The summed E-state index contributed by atoms with van der Waals surface area (Å²) in [4.78, 5) is 10.3. The Kier molecular flexibility index (Phi) is 5.27. The number of aryl methyl sites for hydroxylation is 1. The number of non-ortho nitro benzene ring substituents is 1. The number of benzene rings is 2. The quantitative estimate of drug-likeness (QED) is 0.252. The van der Waals surface area contributed by atoms with Crippen molar-refractivity contribution in [2.24, 2.45) is 0 Å². The van der Waals surface area contributed by atoms with Crippen molar-refractivity contribution in [3.05, 3.63) is 59.2 Å². The van der Waals surface area contributed by atoms with E-state index in [9.17, 15) is 18.5 Å². The molecular weight excluding hydrogens is 536 g/mol. The summed E-state index contributed by atoms with van der Waals surface area (Å²) in [7, 11) is -3.99. The number of nitro groups is 1. The second-order valence-electron chi connectivity index (χ2n) is 4.35. The zero-order valence-electron chi connectivity index (χ0n) is 11.1. The van der Waals surface area contributed by atoms with E-state index in [1.165, 1.54) is 24.3 Å². The van der Waals surface area contributed by atoms with Gasteiger partial charge in [0.15, 0.2) is 5.75 Å². The van der Waals surface area contributed by atoms with Crippen LogP contribution in [0.3, 0.4) is 0 Å². The summed E-state index contributed by atoms with van der Waals surface area (Å²) >= 11 is 3.62. The number of nitro benzene ring substituents is 1. The molecule has 0 saturated heterocycles. The van der Waals surface area contributed by atoms with Crippen LogP contribution in [0, 0.1) is 24.2 Å². The first-order chi connectivity index (χ1) is 10.2. The van der Waals surface area contributed by atoms with Crippen molar-refractivity contribution >= 4 is 61.0 Å². The zero-order valence-corrected chi connectivity index (χ0v) is 16.2. The van der Waals surface area contributed by atoms with Crippen LogP contribution in [-0.4, -0.2) is 13.3 Å². The summed E-state index contributed by atoms with van der Waals surface area (Å²) < 4.78 is 30.4. The highest BCUT2D eigenvalue weighted by molar-refractivity contribution is 14.1. The van der Waals surface area contributed by atoms with Gasteiger partial charge in [0.1, 0.15) is 4.90 Å². The molecule has 0 aliphatic rings. The van der Waals surface area contributed by atoms with Gasteiger partial charge in [-0.1, -0.05) is 17.7 Å².